The van der Waals surface area contributed by atoms with Crippen LogP contribution < -0.4 is 5.32 Å². The van der Waals surface area contributed by atoms with Gasteiger partial charge in [0, 0.05) is 12.1 Å². The van der Waals surface area contributed by atoms with E-state index in [4.69, 9.17) is 0 Å². The average Bonchev–Trinajstić information content (AvgIpc) is 3.20. The van der Waals surface area contributed by atoms with E-state index in [9.17, 15) is 13.2 Å². The molecule has 0 aromatic heterocycles. The normalized spacial score (nSPS) is 27.2. The van der Waals surface area contributed by atoms with Crippen molar-refractivity contribution in [3.63, 3.8) is 0 Å². The Bertz CT molecular complexity index is 479. The zero-order valence-electron chi connectivity index (χ0n) is 12.2. The molecule has 0 radical (unpaired) electrons. The lowest BCUT2D eigenvalue weighted by molar-refractivity contribution is -0.137. The maximum Gasteiger partial charge on any atom is 0.416 e. The van der Waals surface area contributed by atoms with Crippen molar-refractivity contribution in [3.8, 4) is 0 Å². The summed E-state index contributed by atoms with van der Waals surface area (Å²) in [5.41, 5.74) is 0.458. The summed E-state index contributed by atoms with van der Waals surface area (Å²) in [6.07, 6.45) is -0.690. The SMILES string of the molecule is CNCC1CCN(C2CC2)C1c1ccc(C(F)(F)F)cc1. The van der Waals surface area contributed by atoms with Crippen LogP contribution in [0.4, 0.5) is 13.2 Å². The van der Waals surface area contributed by atoms with Gasteiger partial charge in [0.2, 0.25) is 0 Å². The number of benzene rings is 1. The van der Waals surface area contributed by atoms with Crippen molar-refractivity contribution in [1.82, 2.24) is 10.2 Å². The zero-order valence-corrected chi connectivity index (χ0v) is 12.2. The summed E-state index contributed by atoms with van der Waals surface area (Å²) in [7, 11) is 1.93. The van der Waals surface area contributed by atoms with Crippen LogP contribution in [-0.4, -0.2) is 31.1 Å². The molecule has 1 aliphatic heterocycles. The summed E-state index contributed by atoms with van der Waals surface area (Å²) in [5.74, 6) is 0.479. The van der Waals surface area contributed by atoms with Gasteiger partial charge < -0.3 is 5.32 Å². The minimum Gasteiger partial charge on any atom is -0.319 e. The smallest absolute Gasteiger partial charge is 0.319 e. The van der Waals surface area contributed by atoms with Crippen LogP contribution in [0.3, 0.4) is 0 Å². The van der Waals surface area contributed by atoms with Crippen molar-refractivity contribution in [2.24, 2.45) is 5.92 Å². The van der Waals surface area contributed by atoms with E-state index in [2.05, 4.69) is 10.2 Å². The van der Waals surface area contributed by atoms with Crippen LogP contribution in [0.1, 0.15) is 36.4 Å². The fourth-order valence-electron chi connectivity index (χ4n) is 3.51. The zero-order chi connectivity index (χ0) is 15.0. The van der Waals surface area contributed by atoms with Gasteiger partial charge >= 0.3 is 6.18 Å². The van der Waals surface area contributed by atoms with Gasteiger partial charge in [0.25, 0.3) is 0 Å². The first-order valence-corrected chi connectivity index (χ1v) is 7.58. The van der Waals surface area contributed by atoms with Crippen LogP contribution in [0.2, 0.25) is 0 Å². The van der Waals surface area contributed by atoms with E-state index >= 15 is 0 Å². The molecule has 2 aliphatic rings. The standard InChI is InChI=1S/C16H21F3N2/c1-20-10-12-8-9-21(14-6-7-14)15(12)11-2-4-13(5-3-11)16(17,18)19/h2-5,12,14-15,20H,6-10H2,1H3. The molecule has 2 fully saturated rings. The van der Waals surface area contributed by atoms with E-state index in [1.54, 1.807) is 12.1 Å². The Hall–Kier alpha value is -1.07. The quantitative estimate of drug-likeness (QED) is 0.916. The van der Waals surface area contributed by atoms with Crippen LogP contribution in [0.15, 0.2) is 24.3 Å². The molecule has 3 rings (SSSR count). The maximum absolute atomic E-state index is 12.7. The molecule has 21 heavy (non-hydrogen) atoms. The topological polar surface area (TPSA) is 15.3 Å². The van der Waals surface area contributed by atoms with Gasteiger partial charge in [0.1, 0.15) is 0 Å². The third kappa shape index (κ3) is 3.09. The number of rotatable bonds is 4. The molecular formula is C16H21F3N2. The van der Waals surface area contributed by atoms with Crippen LogP contribution in [-0.2, 0) is 6.18 Å². The van der Waals surface area contributed by atoms with Gasteiger partial charge in [-0.15, -0.1) is 0 Å². The lowest BCUT2D eigenvalue weighted by Gasteiger charge is -2.29. The Morgan fingerprint density at radius 1 is 1.14 bits per heavy atom. The van der Waals surface area contributed by atoms with Crippen molar-refractivity contribution in [3.05, 3.63) is 35.4 Å². The highest BCUT2D eigenvalue weighted by Crippen LogP contribution is 2.44. The molecule has 1 aliphatic carbocycles. The van der Waals surface area contributed by atoms with Gasteiger partial charge in [-0.05, 0) is 63.0 Å². The number of hydrogen-bond acceptors (Lipinski definition) is 2. The fourth-order valence-corrected chi connectivity index (χ4v) is 3.51. The van der Waals surface area contributed by atoms with Gasteiger partial charge in [-0.25, -0.2) is 0 Å². The predicted molar refractivity (Wildman–Crippen MR) is 75.9 cm³/mol. The molecule has 2 nitrogen and oxygen atoms in total. The lowest BCUT2D eigenvalue weighted by Crippen LogP contribution is -2.30. The second-order valence-electron chi connectivity index (χ2n) is 6.14. The Labute approximate surface area is 123 Å². The second-order valence-corrected chi connectivity index (χ2v) is 6.14. The van der Waals surface area contributed by atoms with E-state index in [-0.39, 0.29) is 6.04 Å². The van der Waals surface area contributed by atoms with Crippen LogP contribution >= 0.6 is 0 Å². The number of likely N-dealkylation sites (tertiary alicyclic amines) is 1. The Morgan fingerprint density at radius 2 is 1.81 bits per heavy atom. The van der Waals surface area contributed by atoms with Crippen molar-refractivity contribution >= 4 is 0 Å². The fraction of sp³-hybridized carbons (Fsp3) is 0.625. The third-order valence-corrected chi connectivity index (χ3v) is 4.62. The Kier molecular flexibility index (Phi) is 3.97. The van der Waals surface area contributed by atoms with E-state index in [0.717, 1.165) is 25.1 Å². The molecular weight excluding hydrogens is 277 g/mol. The number of halogens is 3. The Morgan fingerprint density at radius 3 is 2.33 bits per heavy atom. The van der Waals surface area contributed by atoms with Gasteiger partial charge in [-0.1, -0.05) is 12.1 Å². The van der Waals surface area contributed by atoms with Crippen molar-refractivity contribution < 1.29 is 13.2 Å². The van der Waals surface area contributed by atoms with Crippen molar-refractivity contribution in [2.45, 2.75) is 37.5 Å². The van der Waals surface area contributed by atoms with E-state index < -0.39 is 11.7 Å². The lowest BCUT2D eigenvalue weighted by atomic mass is 9.93. The molecule has 2 atom stereocenters. The molecule has 0 bridgehead atoms. The second kappa shape index (κ2) is 5.61. The number of nitrogens with one attached hydrogen (secondary N) is 1. The molecule has 5 heteroatoms. The molecule has 1 heterocycles. The minimum atomic E-state index is -4.26. The van der Waals surface area contributed by atoms with Crippen LogP contribution in [0.5, 0.6) is 0 Å². The summed E-state index contributed by atoms with van der Waals surface area (Å²) >= 11 is 0. The highest BCUT2D eigenvalue weighted by Gasteiger charge is 2.42. The van der Waals surface area contributed by atoms with Gasteiger partial charge in [0.15, 0.2) is 0 Å². The molecule has 116 valence electrons. The van der Waals surface area contributed by atoms with Gasteiger partial charge in [-0.2, -0.15) is 13.2 Å². The summed E-state index contributed by atoms with van der Waals surface area (Å²) < 4.78 is 38.1. The minimum absolute atomic E-state index is 0.257. The largest absolute Gasteiger partial charge is 0.416 e. The highest BCUT2D eigenvalue weighted by atomic mass is 19.4. The van der Waals surface area contributed by atoms with Crippen LogP contribution in [0, 0.1) is 5.92 Å². The molecule has 1 saturated carbocycles. The molecule has 1 saturated heterocycles. The van der Waals surface area contributed by atoms with Crippen molar-refractivity contribution in [1.29, 1.82) is 0 Å². The van der Waals surface area contributed by atoms with Crippen molar-refractivity contribution in [2.75, 3.05) is 20.1 Å². The average molecular weight is 298 g/mol. The molecule has 1 aromatic carbocycles. The first kappa shape index (κ1) is 14.9. The molecule has 0 amide bonds. The first-order valence-electron chi connectivity index (χ1n) is 7.58. The summed E-state index contributed by atoms with van der Waals surface area (Å²) in [4.78, 5) is 2.49. The van der Waals surface area contributed by atoms with E-state index in [1.807, 2.05) is 7.05 Å². The van der Waals surface area contributed by atoms with E-state index in [1.165, 1.54) is 25.0 Å². The number of alkyl halides is 3. The highest BCUT2D eigenvalue weighted by molar-refractivity contribution is 5.28. The molecule has 1 N–H and O–H groups in total. The van der Waals surface area contributed by atoms with Gasteiger partial charge in [0.05, 0.1) is 5.56 Å². The summed E-state index contributed by atoms with van der Waals surface area (Å²) in [5, 5.41) is 3.22. The number of nitrogens with zero attached hydrogens (tertiary/aromatic N) is 1. The van der Waals surface area contributed by atoms with Crippen LogP contribution in [0.25, 0.3) is 0 Å². The number of hydrogen-bond donors (Lipinski definition) is 1. The van der Waals surface area contributed by atoms with E-state index in [0.29, 0.717) is 12.0 Å². The summed E-state index contributed by atoms with van der Waals surface area (Å²) in [6, 6.07) is 6.66. The molecule has 1 aromatic rings. The Balaban J connectivity index is 1.84. The van der Waals surface area contributed by atoms with Gasteiger partial charge in [-0.3, -0.25) is 4.90 Å². The monoisotopic (exact) mass is 298 g/mol. The third-order valence-electron chi connectivity index (χ3n) is 4.62. The maximum atomic E-state index is 12.7. The molecule has 2 unspecified atom stereocenters. The predicted octanol–water partition coefficient (Wildman–Crippen LogP) is 3.45. The molecule has 0 spiro atoms. The summed E-state index contributed by atoms with van der Waals surface area (Å²) in [6.45, 7) is 1.97. The first-order chi connectivity index (χ1) is 10.0.